The number of carboxylic acids is 1. The summed E-state index contributed by atoms with van der Waals surface area (Å²) < 4.78 is 0. The maximum absolute atomic E-state index is 11.6. The molecule has 1 amide bonds. The maximum atomic E-state index is 11.6. The molecule has 0 fully saturated rings. The van der Waals surface area contributed by atoms with Gasteiger partial charge in [0, 0.05) is 6.21 Å². The number of aliphatic carboxylic acids is 1. The molecule has 1 atom stereocenters. The Morgan fingerprint density at radius 2 is 2.06 bits per heavy atom. The number of carbonyl (C=O) groups excluding carboxylic acids is 1. The van der Waals surface area contributed by atoms with E-state index in [0.29, 0.717) is 6.54 Å². The Kier molecular flexibility index (Phi) is 2.91. The minimum Gasteiger partial charge on any atom is -0.480 e. The Labute approximate surface area is 98.4 Å². The van der Waals surface area contributed by atoms with Crippen LogP contribution in [-0.2, 0) is 16.1 Å². The summed E-state index contributed by atoms with van der Waals surface area (Å²) >= 11 is 0. The second-order valence-electron chi connectivity index (χ2n) is 3.96. The van der Waals surface area contributed by atoms with E-state index >= 15 is 0 Å². The van der Waals surface area contributed by atoms with E-state index in [2.05, 4.69) is 5.10 Å². The lowest BCUT2D eigenvalue weighted by Crippen LogP contribution is -2.30. The van der Waals surface area contributed by atoms with Crippen LogP contribution in [0.5, 0.6) is 0 Å². The van der Waals surface area contributed by atoms with Crippen LogP contribution < -0.4 is 0 Å². The van der Waals surface area contributed by atoms with Crippen molar-refractivity contribution < 1.29 is 14.7 Å². The van der Waals surface area contributed by atoms with Crippen LogP contribution in [0, 0.1) is 12.8 Å². The van der Waals surface area contributed by atoms with Crippen molar-refractivity contribution in [3.05, 3.63) is 35.4 Å². The van der Waals surface area contributed by atoms with Crippen molar-refractivity contribution in [2.24, 2.45) is 11.0 Å². The normalized spacial score (nSPS) is 18.8. The first kappa shape index (κ1) is 11.3. The summed E-state index contributed by atoms with van der Waals surface area (Å²) in [6.45, 7) is 2.28. The van der Waals surface area contributed by atoms with E-state index in [0.717, 1.165) is 11.1 Å². The van der Waals surface area contributed by atoms with Crippen molar-refractivity contribution in [1.82, 2.24) is 5.01 Å². The van der Waals surface area contributed by atoms with Crippen molar-refractivity contribution in [2.45, 2.75) is 13.5 Å². The summed E-state index contributed by atoms with van der Waals surface area (Å²) in [5.74, 6) is -2.79. The number of aryl methyl sites for hydroxylation is 1. The monoisotopic (exact) mass is 232 g/mol. The lowest BCUT2D eigenvalue weighted by molar-refractivity contribution is -0.146. The largest absolute Gasteiger partial charge is 0.480 e. The third-order valence-corrected chi connectivity index (χ3v) is 2.59. The molecule has 1 unspecified atom stereocenters. The smallest absolute Gasteiger partial charge is 0.321 e. The van der Waals surface area contributed by atoms with Gasteiger partial charge in [-0.3, -0.25) is 9.59 Å². The number of hydrogen-bond donors (Lipinski definition) is 1. The molecule has 0 bridgehead atoms. The van der Waals surface area contributed by atoms with Gasteiger partial charge in [0.15, 0.2) is 5.92 Å². The first-order valence-corrected chi connectivity index (χ1v) is 5.22. The van der Waals surface area contributed by atoms with Crippen LogP contribution in [0.4, 0.5) is 0 Å². The molecule has 1 heterocycles. The molecule has 0 saturated heterocycles. The lowest BCUT2D eigenvalue weighted by Gasteiger charge is -2.13. The molecular formula is C12H12N2O3. The Balaban J connectivity index is 2.07. The van der Waals surface area contributed by atoms with Gasteiger partial charge >= 0.3 is 5.97 Å². The van der Waals surface area contributed by atoms with Gasteiger partial charge in [-0.05, 0) is 12.5 Å². The van der Waals surface area contributed by atoms with Crippen LogP contribution in [0.25, 0.3) is 0 Å². The Bertz CT molecular complexity index is 479. The highest BCUT2D eigenvalue weighted by Crippen LogP contribution is 2.14. The zero-order valence-electron chi connectivity index (χ0n) is 9.33. The molecule has 2 rings (SSSR count). The van der Waals surface area contributed by atoms with E-state index < -0.39 is 17.8 Å². The van der Waals surface area contributed by atoms with Gasteiger partial charge in [0.25, 0.3) is 5.91 Å². The molecule has 5 nitrogen and oxygen atoms in total. The van der Waals surface area contributed by atoms with Gasteiger partial charge in [-0.25, -0.2) is 5.01 Å². The number of hydrazone groups is 1. The molecule has 88 valence electrons. The van der Waals surface area contributed by atoms with Gasteiger partial charge in [0.1, 0.15) is 0 Å². The van der Waals surface area contributed by atoms with Crippen molar-refractivity contribution >= 4 is 18.1 Å². The van der Waals surface area contributed by atoms with Gasteiger partial charge in [-0.1, -0.05) is 29.8 Å². The Morgan fingerprint density at radius 1 is 1.41 bits per heavy atom. The lowest BCUT2D eigenvalue weighted by atomic mass is 10.1. The van der Waals surface area contributed by atoms with Crippen LogP contribution in [-0.4, -0.2) is 28.2 Å². The molecular weight excluding hydrogens is 220 g/mol. The van der Waals surface area contributed by atoms with E-state index in [1.807, 2.05) is 31.2 Å². The van der Waals surface area contributed by atoms with E-state index in [1.54, 1.807) is 0 Å². The average molecular weight is 232 g/mol. The molecule has 0 radical (unpaired) electrons. The van der Waals surface area contributed by atoms with Gasteiger partial charge in [-0.2, -0.15) is 5.10 Å². The summed E-state index contributed by atoms with van der Waals surface area (Å²) in [6.07, 6.45) is 1.17. The van der Waals surface area contributed by atoms with Crippen molar-refractivity contribution in [2.75, 3.05) is 0 Å². The van der Waals surface area contributed by atoms with E-state index in [1.165, 1.54) is 11.2 Å². The predicted molar refractivity (Wildman–Crippen MR) is 61.3 cm³/mol. The second kappa shape index (κ2) is 4.37. The number of hydrogen-bond acceptors (Lipinski definition) is 3. The van der Waals surface area contributed by atoms with Crippen LogP contribution in [0.2, 0.25) is 0 Å². The van der Waals surface area contributed by atoms with Gasteiger partial charge in [0.05, 0.1) is 6.54 Å². The molecule has 17 heavy (non-hydrogen) atoms. The molecule has 1 aliphatic heterocycles. The second-order valence-corrected chi connectivity index (χ2v) is 3.96. The molecule has 1 N–H and O–H groups in total. The number of nitrogens with zero attached hydrogens (tertiary/aromatic N) is 2. The average Bonchev–Trinajstić information content (AvgIpc) is 2.64. The number of carbonyl (C=O) groups is 2. The van der Waals surface area contributed by atoms with E-state index in [-0.39, 0.29) is 0 Å². The highest BCUT2D eigenvalue weighted by molar-refractivity contribution is 6.12. The fourth-order valence-electron chi connectivity index (χ4n) is 1.58. The number of benzene rings is 1. The van der Waals surface area contributed by atoms with Crippen LogP contribution in [0.1, 0.15) is 11.1 Å². The van der Waals surface area contributed by atoms with Crippen LogP contribution in [0.15, 0.2) is 29.4 Å². The van der Waals surface area contributed by atoms with Crippen LogP contribution >= 0.6 is 0 Å². The molecule has 5 heteroatoms. The predicted octanol–water partition coefficient (Wildman–Crippen LogP) is 1.02. The van der Waals surface area contributed by atoms with Gasteiger partial charge < -0.3 is 5.11 Å². The minimum atomic E-state index is -1.16. The Morgan fingerprint density at radius 3 is 2.59 bits per heavy atom. The molecule has 1 aromatic carbocycles. The number of amides is 1. The van der Waals surface area contributed by atoms with Crippen molar-refractivity contribution in [3.63, 3.8) is 0 Å². The molecule has 0 saturated carbocycles. The first-order valence-electron chi connectivity index (χ1n) is 5.22. The maximum Gasteiger partial charge on any atom is 0.321 e. The zero-order valence-corrected chi connectivity index (χ0v) is 9.33. The van der Waals surface area contributed by atoms with Crippen LogP contribution in [0.3, 0.4) is 0 Å². The number of rotatable bonds is 3. The molecule has 0 spiro atoms. The quantitative estimate of drug-likeness (QED) is 0.791. The zero-order chi connectivity index (χ0) is 12.4. The summed E-state index contributed by atoms with van der Waals surface area (Å²) in [4.78, 5) is 22.4. The van der Waals surface area contributed by atoms with Gasteiger partial charge in [0.2, 0.25) is 0 Å². The third-order valence-electron chi connectivity index (χ3n) is 2.59. The Hall–Kier alpha value is -2.17. The summed E-state index contributed by atoms with van der Waals surface area (Å²) in [7, 11) is 0. The highest BCUT2D eigenvalue weighted by Gasteiger charge is 2.33. The number of carboxylic acid groups (broad SMARTS) is 1. The van der Waals surface area contributed by atoms with E-state index in [9.17, 15) is 9.59 Å². The van der Waals surface area contributed by atoms with E-state index in [4.69, 9.17) is 5.11 Å². The fourth-order valence-corrected chi connectivity index (χ4v) is 1.58. The SMILES string of the molecule is Cc1ccc(CN2N=CC(C(=O)O)C2=O)cc1. The first-order chi connectivity index (χ1) is 8.08. The third kappa shape index (κ3) is 2.33. The molecule has 0 aliphatic carbocycles. The van der Waals surface area contributed by atoms with Gasteiger partial charge in [-0.15, -0.1) is 0 Å². The van der Waals surface area contributed by atoms with Crippen molar-refractivity contribution in [3.8, 4) is 0 Å². The summed E-state index contributed by atoms with van der Waals surface area (Å²) in [5.41, 5.74) is 2.06. The summed E-state index contributed by atoms with van der Waals surface area (Å²) in [5, 5.41) is 13.8. The summed E-state index contributed by atoms with van der Waals surface area (Å²) in [6, 6.07) is 7.67. The molecule has 1 aromatic rings. The molecule has 0 aromatic heterocycles. The minimum absolute atomic E-state index is 0.305. The highest BCUT2D eigenvalue weighted by atomic mass is 16.4. The topological polar surface area (TPSA) is 70.0 Å². The fraction of sp³-hybridized carbons (Fsp3) is 0.250. The molecule has 1 aliphatic rings. The standard InChI is InChI=1S/C12H12N2O3/c1-8-2-4-9(5-3-8)7-14-11(15)10(6-13-14)12(16)17/h2-6,10H,7H2,1H3,(H,16,17). The van der Waals surface area contributed by atoms with Crippen molar-refractivity contribution in [1.29, 1.82) is 0 Å².